The Labute approximate surface area is 123 Å². The van der Waals surface area contributed by atoms with Gasteiger partial charge in [0.2, 0.25) is 5.88 Å². The first-order chi connectivity index (χ1) is 9.52. The smallest absolute Gasteiger partial charge is 0.273 e. The van der Waals surface area contributed by atoms with E-state index < -0.39 is 4.92 Å². The summed E-state index contributed by atoms with van der Waals surface area (Å²) in [7, 11) is 1.47. The maximum Gasteiger partial charge on any atom is 0.273 e. The van der Waals surface area contributed by atoms with Gasteiger partial charge in [0.05, 0.1) is 22.6 Å². The number of hydrogen-bond donors (Lipinski definition) is 0. The quantitative estimate of drug-likeness (QED) is 0.625. The molecule has 0 bridgehead atoms. The number of rotatable bonds is 4. The van der Waals surface area contributed by atoms with Crippen LogP contribution in [0.3, 0.4) is 0 Å². The Hall–Kier alpha value is -2.15. The van der Waals surface area contributed by atoms with Crippen LogP contribution in [-0.4, -0.2) is 17.0 Å². The molecular weight excluding hydrogens is 328 g/mol. The molecule has 2 rings (SSSR count). The molecular formula is C13H11BrN2O4. The lowest BCUT2D eigenvalue weighted by atomic mass is 10.2. The number of hydrogen-bond acceptors (Lipinski definition) is 5. The summed E-state index contributed by atoms with van der Waals surface area (Å²) in [5.74, 6) is 0.954. The van der Waals surface area contributed by atoms with Crippen molar-refractivity contribution in [3.8, 4) is 17.4 Å². The maximum absolute atomic E-state index is 10.8. The van der Waals surface area contributed by atoms with Crippen LogP contribution in [0.5, 0.6) is 17.4 Å². The number of pyridine rings is 1. The Morgan fingerprint density at radius 2 is 2.05 bits per heavy atom. The highest BCUT2D eigenvalue weighted by molar-refractivity contribution is 9.10. The van der Waals surface area contributed by atoms with Crippen molar-refractivity contribution in [1.82, 2.24) is 4.98 Å². The number of nitro groups is 1. The third-order valence-corrected chi connectivity index (χ3v) is 3.58. The molecule has 0 spiro atoms. The molecule has 104 valence electrons. The maximum atomic E-state index is 10.8. The zero-order valence-electron chi connectivity index (χ0n) is 10.8. The number of aromatic nitrogens is 1. The van der Waals surface area contributed by atoms with Gasteiger partial charge in [-0.3, -0.25) is 10.1 Å². The van der Waals surface area contributed by atoms with Crippen molar-refractivity contribution in [2.75, 3.05) is 7.11 Å². The van der Waals surface area contributed by atoms with E-state index in [0.717, 1.165) is 5.56 Å². The van der Waals surface area contributed by atoms with Gasteiger partial charge >= 0.3 is 0 Å². The van der Waals surface area contributed by atoms with Gasteiger partial charge < -0.3 is 9.47 Å². The van der Waals surface area contributed by atoms with E-state index in [1.165, 1.54) is 25.3 Å². The SMILES string of the molecule is COc1ccc([N+](=O)[O-])cc1Oc1nccc(C)c1Br. The van der Waals surface area contributed by atoms with Gasteiger partial charge in [0.1, 0.15) is 0 Å². The minimum Gasteiger partial charge on any atom is -0.493 e. The molecule has 0 N–H and O–H groups in total. The second-order valence-corrected chi connectivity index (χ2v) is 4.73. The van der Waals surface area contributed by atoms with Gasteiger partial charge in [-0.1, -0.05) is 0 Å². The summed E-state index contributed by atoms with van der Waals surface area (Å²) in [4.78, 5) is 14.4. The first-order valence-corrected chi connectivity index (χ1v) is 6.43. The molecule has 6 nitrogen and oxygen atoms in total. The van der Waals surface area contributed by atoms with E-state index in [0.29, 0.717) is 16.1 Å². The third kappa shape index (κ3) is 2.88. The molecule has 2 aromatic rings. The molecule has 20 heavy (non-hydrogen) atoms. The van der Waals surface area contributed by atoms with Crippen LogP contribution >= 0.6 is 15.9 Å². The van der Waals surface area contributed by atoms with E-state index in [2.05, 4.69) is 20.9 Å². The topological polar surface area (TPSA) is 74.5 Å². The Kier molecular flexibility index (Phi) is 4.19. The Bertz CT molecular complexity index is 661. The van der Waals surface area contributed by atoms with E-state index in [4.69, 9.17) is 9.47 Å². The molecule has 0 unspecified atom stereocenters. The van der Waals surface area contributed by atoms with E-state index in [1.807, 2.05) is 13.0 Å². The molecule has 1 aromatic heterocycles. The van der Waals surface area contributed by atoms with Crippen LogP contribution in [0.1, 0.15) is 5.56 Å². The second-order valence-electron chi connectivity index (χ2n) is 3.94. The van der Waals surface area contributed by atoms with Crippen molar-refractivity contribution in [1.29, 1.82) is 0 Å². The van der Waals surface area contributed by atoms with Crippen LogP contribution in [0.15, 0.2) is 34.9 Å². The fourth-order valence-corrected chi connectivity index (χ4v) is 1.86. The lowest BCUT2D eigenvalue weighted by molar-refractivity contribution is -0.384. The first-order valence-electron chi connectivity index (χ1n) is 5.64. The van der Waals surface area contributed by atoms with Gasteiger partial charge in [-0.15, -0.1) is 0 Å². The largest absolute Gasteiger partial charge is 0.493 e. The molecule has 0 aliphatic carbocycles. The first kappa shape index (κ1) is 14.3. The number of halogens is 1. The summed E-state index contributed by atoms with van der Waals surface area (Å²) in [5, 5.41) is 10.8. The number of aryl methyl sites for hydroxylation is 1. The fraction of sp³-hybridized carbons (Fsp3) is 0.154. The predicted molar refractivity (Wildman–Crippen MR) is 76.4 cm³/mol. The lowest BCUT2D eigenvalue weighted by Gasteiger charge is -2.11. The summed E-state index contributed by atoms with van der Waals surface area (Å²) in [6.45, 7) is 1.89. The number of nitro benzene ring substituents is 1. The highest BCUT2D eigenvalue weighted by atomic mass is 79.9. The standard InChI is InChI=1S/C13H11BrN2O4/c1-8-5-6-15-13(12(8)14)20-11-7-9(16(17)18)3-4-10(11)19-2/h3-7H,1-2H3. The third-order valence-electron chi connectivity index (χ3n) is 2.61. The Balaban J connectivity index is 2.43. The Morgan fingerprint density at radius 3 is 2.70 bits per heavy atom. The molecule has 0 saturated carbocycles. The molecule has 7 heteroatoms. The van der Waals surface area contributed by atoms with Crippen molar-refractivity contribution < 1.29 is 14.4 Å². The molecule has 0 fully saturated rings. The molecule has 0 atom stereocenters. The highest BCUT2D eigenvalue weighted by Gasteiger charge is 2.15. The fourth-order valence-electron chi connectivity index (χ4n) is 1.55. The molecule has 1 heterocycles. The summed E-state index contributed by atoms with van der Waals surface area (Å²) in [6.07, 6.45) is 1.60. The van der Waals surface area contributed by atoms with Gasteiger partial charge in [0.25, 0.3) is 5.69 Å². The minimum absolute atomic E-state index is 0.0791. The van der Waals surface area contributed by atoms with E-state index in [1.54, 1.807) is 6.20 Å². The summed E-state index contributed by atoms with van der Waals surface area (Å²) < 4.78 is 11.4. The van der Waals surface area contributed by atoms with Crippen LogP contribution in [0.4, 0.5) is 5.69 Å². The van der Waals surface area contributed by atoms with Gasteiger partial charge in [0, 0.05) is 12.3 Å². The number of benzene rings is 1. The van der Waals surface area contributed by atoms with Crippen molar-refractivity contribution in [3.05, 3.63) is 50.6 Å². The molecule has 1 aromatic carbocycles. The molecule has 0 saturated heterocycles. The lowest BCUT2D eigenvalue weighted by Crippen LogP contribution is -1.96. The van der Waals surface area contributed by atoms with Gasteiger partial charge in [0.15, 0.2) is 11.5 Å². The summed E-state index contributed by atoms with van der Waals surface area (Å²) in [6, 6.07) is 5.96. The number of ether oxygens (including phenoxy) is 2. The van der Waals surface area contributed by atoms with E-state index in [9.17, 15) is 10.1 Å². The van der Waals surface area contributed by atoms with Crippen LogP contribution in [0.2, 0.25) is 0 Å². The average molecular weight is 339 g/mol. The van der Waals surface area contributed by atoms with Gasteiger partial charge in [-0.2, -0.15) is 0 Å². The molecule has 0 amide bonds. The summed E-state index contributed by atoms with van der Waals surface area (Å²) >= 11 is 3.37. The van der Waals surface area contributed by atoms with Crippen molar-refractivity contribution in [3.63, 3.8) is 0 Å². The molecule has 0 aliphatic heterocycles. The van der Waals surface area contributed by atoms with Crippen molar-refractivity contribution >= 4 is 21.6 Å². The average Bonchev–Trinajstić information content (AvgIpc) is 2.43. The number of methoxy groups -OCH3 is 1. The van der Waals surface area contributed by atoms with E-state index in [-0.39, 0.29) is 11.4 Å². The number of nitrogens with zero attached hydrogens (tertiary/aromatic N) is 2. The zero-order valence-corrected chi connectivity index (χ0v) is 12.4. The Morgan fingerprint density at radius 1 is 1.30 bits per heavy atom. The molecule has 0 radical (unpaired) electrons. The van der Waals surface area contributed by atoms with Crippen molar-refractivity contribution in [2.45, 2.75) is 6.92 Å². The molecule has 0 aliphatic rings. The van der Waals surface area contributed by atoms with E-state index >= 15 is 0 Å². The van der Waals surface area contributed by atoms with Crippen LogP contribution < -0.4 is 9.47 Å². The van der Waals surface area contributed by atoms with Crippen molar-refractivity contribution in [2.24, 2.45) is 0 Å². The zero-order chi connectivity index (χ0) is 14.7. The second kappa shape index (κ2) is 5.87. The normalized spacial score (nSPS) is 10.2. The monoisotopic (exact) mass is 338 g/mol. The summed E-state index contributed by atoms with van der Waals surface area (Å²) in [5.41, 5.74) is 0.865. The highest BCUT2D eigenvalue weighted by Crippen LogP contribution is 2.37. The number of non-ortho nitro benzene ring substituents is 1. The van der Waals surface area contributed by atoms with Crippen LogP contribution in [0.25, 0.3) is 0 Å². The minimum atomic E-state index is -0.495. The predicted octanol–water partition coefficient (Wildman–Crippen LogP) is 3.86. The van der Waals surface area contributed by atoms with Gasteiger partial charge in [-0.05, 0) is 40.5 Å². The van der Waals surface area contributed by atoms with Crippen LogP contribution in [0, 0.1) is 17.0 Å². The van der Waals surface area contributed by atoms with Gasteiger partial charge in [-0.25, -0.2) is 4.98 Å². The van der Waals surface area contributed by atoms with Crippen LogP contribution in [-0.2, 0) is 0 Å².